The van der Waals surface area contributed by atoms with E-state index in [0.29, 0.717) is 11.9 Å². The number of hydrogen-bond donors (Lipinski definition) is 0. The van der Waals surface area contributed by atoms with Gasteiger partial charge in [-0.2, -0.15) is 0 Å². The molecule has 0 saturated carbocycles. The molecular weight excluding hydrogens is 166 g/mol. The van der Waals surface area contributed by atoms with E-state index in [4.69, 9.17) is 4.42 Å². The maximum Gasteiger partial charge on any atom is 0.223 e. The van der Waals surface area contributed by atoms with Crippen molar-refractivity contribution in [3.05, 3.63) is 23.7 Å². The number of nitrogens with zero attached hydrogens (tertiary/aromatic N) is 1. The number of hydrogen-bond acceptors (Lipinski definition) is 2. The van der Waals surface area contributed by atoms with Crippen molar-refractivity contribution in [2.24, 2.45) is 0 Å². The van der Waals surface area contributed by atoms with E-state index in [-0.39, 0.29) is 0 Å². The van der Waals surface area contributed by atoms with E-state index in [2.05, 4.69) is 0 Å². The van der Waals surface area contributed by atoms with Crippen LogP contribution in [-0.4, -0.2) is 16.8 Å². The highest BCUT2D eigenvalue weighted by Crippen LogP contribution is 2.31. The molecule has 3 nitrogen and oxygen atoms in total. The molecule has 0 radical (unpaired) electrons. The average Bonchev–Trinajstić information content (AvgIpc) is 2.70. The first-order valence-electron chi connectivity index (χ1n) is 4.69. The van der Waals surface area contributed by atoms with Gasteiger partial charge in [0.05, 0.1) is 6.26 Å². The van der Waals surface area contributed by atoms with Crippen molar-refractivity contribution in [3.8, 4) is 0 Å². The molecule has 1 saturated heterocycles. The Morgan fingerprint density at radius 2 is 2.46 bits per heavy atom. The second-order valence-corrected chi connectivity index (χ2v) is 3.79. The van der Waals surface area contributed by atoms with Crippen molar-refractivity contribution >= 4 is 5.91 Å². The number of rotatable bonds is 0. The van der Waals surface area contributed by atoms with Crippen LogP contribution in [-0.2, 0) is 17.8 Å². The van der Waals surface area contributed by atoms with E-state index in [0.717, 1.165) is 31.6 Å². The molecule has 13 heavy (non-hydrogen) atoms. The molecule has 1 unspecified atom stereocenters. The largest absolute Gasteiger partial charge is 0.469 e. The van der Waals surface area contributed by atoms with Gasteiger partial charge >= 0.3 is 0 Å². The lowest BCUT2D eigenvalue weighted by atomic mass is 10.0. The molecule has 3 heterocycles. The average molecular weight is 177 g/mol. The summed E-state index contributed by atoms with van der Waals surface area (Å²) in [4.78, 5) is 13.4. The molecule has 0 bridgehead atoms. The normalized spacial score (nSPS) is 26.0. The van der Waals surface area contributed by atoms with Crippen molar-refractivity contribution in [2.45, 2.75) is 31.8 Å². The summed E-state index contributed by atoms with van der Waals surface area (Å²) in [7, 11) is 0. The number of fused-ring (bicyclic) bond motifs is 2. The fourth-order valence-corrected chi connectivity index (χ4v) is 2.31. The lowest BCUT2D eigenvalue weighted by Crippen LogP contribution is -2.37. The fourth-order valence-electron chi connectivity index (χ4n) is 2.31. The first kappa shape index (κ1) is 7.18. The van der Waals surface area contributed by atoms with Crippen LogP contribution < -0.4 is 0 Å². The minimum atomic E-state index is 0.303. The van der Waals surface area contributed by atoms with Gasteiger partial charge in [-0.05, 0) is 12.5 Å². The number of amides is 1. The molecule has 2 aliphatic rings. The molecule has 0 spiro atoms. The zero-order chi connectivity index (χ0) is 8.84. The van der Waals surface area contributed by atoms with Crippen molar-refractivity contribution in [2.75, 3.05) is 0 Å². The Morgan fingerprint density at radius 1 is 1.54 bits per heavy atom. The molecule has 3 heteroatoms. The van der Waals surface area contributed by atoms with Crippen molar-refractivity contribution in [3.63, 3.8) is 0 Å². The quantitative estimate of drug-likeness (QED) is 0.599. The maximum atomic E-state index is 11.4. The SMILES string of the molecule is O=C1CCC2Cc3occc3CN12. The number of carbonyl (C=O) groups is 1. The van der Waals surface area contributed by atoms with Gasteiger partial charge in [0, 0.05) is 31.0 Å². The van der Waals surface area contributed by atoms with E-state index in [1.807, 2.05) is 11.0 Å². The van der Waals surface area contributed by atoms with Crippen LogP contribution in [0.1, 0.15) is 24.2 Å². The van der Waals surface area contributed by atoms with Gasteiger partial charge in [0.15, 0.2) is 0 Å². The Balaban J connectivity index is 1.98. The molecule has 1 aromatic rings. The third kappa shape index (κ3) is 0.930. The van der Waals surface area contributed by atoms with Crippen molar-refractivity contribution in [1.82, 2.24) is 4.90 Å². The summed E-state index contributed by atoms with van der Waals surface area (Å²) in [5, 5.41) is 0. The lowest BCUT2D eigenvalue weighted by molar-refractivity contribution is -0.129. The van der Waals surface area contributed by atoms with Crippen LogP contribution in [0.2, 0.25) is 0 Å². The van der Waals surface area contributed by atoms with Gasteiger partial charge in [0.1, 0.15) is 5.76 Å². The summed E-state index contributed by atoms with van der Waals surface area (Å²) >= 11 is 0. The monoisotopic (exact) mass is 177 g/mol. The highest BCUT2D eigenvalue weighted by molar-refractivity contribution is 5.79. The molecule has 0 N–H and O–H groups in total. The minimum absolute atomic E-state index is 0.303. The van der Waals surface area contributed by atoms with Gasteiger partial charge in [-0.1, -0.05) is 0 Å². The highest BCUT2D eigenvalue weighted by Gasteiger charge is 2.35. The third-order valence-corrected chi connectivity index (χ3v) is 3.05. The summed E-state index contributed by atoms with van der Waals surface area (Å²) in [6, 6.07) is 2.38. The Hall–Kier alpha value is -1.25. The van der Waals surface area contributed by atoms with Gasteiger partial charge in [-0.15, -0.1) is 0 Å². The Labute approximate surface area is 76.3 Å². The van der Waals surface area contributed by atoms with Crippen molar-refractivity contribution in [1.29, 1.82) is 0 Å². The highest BCUT2D eigenvalue weighted by atomic mass is 16.3. The molecule has 3 rings (SSSR count). The van der Waals surface area contributed by atoms with E-state index in [1.54, 1.807) is 6.26 Å². The Bertz CT molecular complexity index is 356. The summed E-state index contributed by atoms with van der Waals surface area (Å²) < 4.78 is 5.36. The molecule has 0 aromatic carbocycles. The van der Waals surface area contributed by atoms with Crippen LogP contribution in [0.15, 0.2) is 16.7 Å². The maximum absolute atomic E-state index is 11.4. The van der Waals surface area contributed by atoms with Crippen LogP contribution in [0.4, 0.5) is 0 Å². The third-order valence-electron chi connectivity index (χ3n) is 3.05. The summed E-state index contributed by atoms with van der Waals surface area (Å²) in [5.74, 6) is 1.38. The summed E-state index contributed by atoms with van der Waals surface area (Å²) in [6.45, 7) is 0.759. The molecule has 68 valence electrons. The zero-order valence-corrected chi connectivity index (χ0v) is 7.32. The molecule has 1 aromatic heterocycles. The van der Waals surface area contributed by atoms with Crippen LogP contribution in [0.3, 0.4) is 0 Å². The van der Waals surface area contributed by atoms with E-state index in [9.17, 15) is 4.79 Å². The molecule has 2 aliphatic heterocycles. The first-order valence-corrected chi connectivity index (χ1v) is 4.69. The Kier molecular flexibility index (Phi) is 1.31. The van der Waals surface area contributed by atoms with Crippen molar-refractivity contribution < 1.29 is 9.21 Å². The molecule has 0 aliphatic carbocycles. The summed E-state index contributed by atoms with van der Waals surface area (Å²) in [6.07, 6.45) is 4.35. The second-order valence-electron chi connectivity index (χ2n) is 3.79. The number of furan rings is 1. The minimum Gasteiger partial charge on any atom is -0.469 e. The first-order chi connectivity index (χ1) is 6.34. The van der Waals surface area contributed by atoms with E-state index in [1.165, 1.54) is 5.56 Å². The molecule has 1 atom stereocenters. The van der Waals surface area contributed by atoms with Crippen LogP contribution in [0.5, 0.6) is 0 Å². The van der Waals surface area contributed by atoms with Crippen LogP contribution >= 0.6 is 0 Å². The zero-order valence-electron chi connectivity index (χ0n) is 7.32. The topological polar surface area (TPSA) is 33.5 Å². The van der Waals surface area contributed by atoms with Crippen LogP contribution in [0, 0.1) is 0 Å². The molecule has 1 fully saturated rings. The van der Waals surface area contributed by atoms with Crippen LogP contribution in [0.25, 0.3) is 0 Å². The van der Waals surface area contributed by atoms with Gasteiger partial charge in [0.25, 0.3) is 0 Å². The van der Waals surface area contributed by atoms with E-state index >= 15 is 0 Å². The number of carbonyl (C=O) groups excluding carboxylic acids is 1. The smallest absolute Gasteiger partial charge is 0.223 e. The molecule has 1 amide bonds. The van der Waals surface area contributed by atoms with Gasteiger partial charge in [-0.25, -0.2) is 0 Å². The fraction of sp³-hybridized carbons (Fsp3) is 0.500. The molecular formula is C10H11NO2. The standard InChI is InChI=1S/C10H11NO2/c12-10-2-1-8-5-9-7(3-4-13-9)6-11(8)10/h3-4,8H,1-2,5-6H2. The van der Waals surface area contributed by atoms with Gasteiger partial charge in [0.2, 0.25) is 5.91 Å². The predicted molar refractivity (Wildman–Crippen MR) is 46.0 cm³/mol. The predicted octanol–water partition coefficient (Wildman–Crippen LogP) is 1.33. The van der Waals surface area contributed by atoms with Gasteiger partial charge in [-0.3, -0.25) is 4.79 Å². The second kappa shape index (κ2) is 2.37. The van der Waals surface area contributed by atoms with E-state index < -0.39 is 0 Å². The van der Waals surface area contributed by atoms with Gasteiger partial charge < -0.3 is 9.32 Å². The summed E-state index contributed by atoms with van der Waals surface area (Å²) in [5.41, 5.74) is 1.19. The Morgan fingerprint density at radius 3 is 3.38 bits per heavy atom. The lowest BCUT2D eigenvalue weighted by Gasteiger charge is -2.28.